The monoisotopic (exact) mass is 373 g/mol. The van der Waals surface area contributed by atoms with Crippen LogP contribution in [0.4, 0.5) is 11.4 Å². The number of hydrogen-bond donors (Lipinski definition) is 1. The largest absolute Gasteiger partial charge is 0.319 e. The minimum atomic E-state index is -0.495. The van der Waals surface area contributed by atoms with Crippen molar-refractivity contribution in [2.24, 2.45) is 0 Å². The van der Waals surface area contributed by atoms with E-state index in [2.05, 4.69) is 17.1 Å². The van der Waals surface area contributed by atoms with Gasteiger partial charge in [-0.3, -0.25) is 19.8 Å². The summed E-state index contributed by atoms with van der Waals surface area (Å²) in [5.74, 6) is -0.257. The van der Waals surface area contributed by atoms with E-state index in [-0.39, 0.29) is 29.9 Å². The van der Waals surface area contributed by atoms with Gasteiger partial charge in [0.15, 0.2) is 0 Å². The third-order valence-corrected chi connectivity index (χ3v) is 4.82. The summed E-state index contributed by atoms with van der Waals surface area (Å²) in [6, 6.07) is 14.2. The van der Waals surface area contributed by atoms with E-state index in [1.54, 1.807) is 18.2 Å². The van der Waals surface area contributed by atoms with Gasteiger partial charge in [-0.15, -0.1) is 0 Å². The van der Waals surface area contributed by atoms with Gasteiger partial charge in [0, 0.05) is 23.2 Å². The summed E-state index contributed by atoms with van der Waals surface area (Å²) in [6.07, 6.45) is 2.10. The molecule has 136 valence electrons. The molecule has 0 saturated heterocycles. The number of carbonyl (C=O) groups is 1. The minimum absolute atomic E-state index is 0.0521. The predicted molar refractivity (Wildman–Crippen MR) is 101 cm³/mol. The van der Waals surface area contributed by atoms with Gasteiger partial charge in [0.2, 0.25) is 5.91 Å². The number of nitrogens with one attached hydrogen (secondary N) is 1. The zero-order valence-corrected chi connectivity index (χ0v) is 15.1. The first kappa shape index (κ1) is 18.4. The summed E-state index contributed by atoms with van der Waals surface area (Å²) in [4.78, 5) is 25.3. The van der Waals surface area contributed by atoms with Crippen molar-refractivity contribution >= 4 is 28.9 Å². The molecule has 1 atom stereocenters. The van der Waals surface area contributed by atoms with Gasteiger partial charge in [-0.25, -0.2) is 0 Å². The van der Waals surface area contributed by atoms with E-state index < -0.39 is 4.92 Å². The number of carbonyl (C=O) groups excluding carboxylic acids is 1. The molecular formula is C19H20ClN3O3. The van der Waals surface area contributed by atoms with Crippen molar-refractivity contribution in [3.05, 3.63) is 69.2 Å². The standard InChI is InChI=1S/C19H20ClN3O3/c1-13(14-6-8-15(20)9-7-14)22(16-10-11-16)12-19(24)21-17-4-2-3-5-18(17)23(25)26/h2-9,13,16H,10-12H2,1H3,(H,21,24)/t13-/m0/s1. The predicted octanol–water partition coefficient (Wildman–Crippen LogP) is 4.41. The summed E-state index contributed by atoms with van der Waals surface area (Å²) in [7, 11) is 0. The number of para-hydroxylation sites is 2. The molecule has 0 spiro atoms. The molecule has 7 heteroatoms. The van der Waals surface area contributed by atoms with Crippen LogP contribution in [-0.4, -0.2) is 28.3 Å². The average Bonchev–Trinajstić information content (AvgIpc) is 3.45. The Bertz CT molecular complexity index is 806. The molecule has 2 aromatic rings. The molecule has 1 aliphatic carbocycles. The fraction of sp³-hybridized carbons (Fsp3) is 0.316. The summed E-state index contributed by atoms with van der Waals surface area (Å²) < 4.78 is 0. The molecule has 1 fully saturated rings. The molecule has 1 saturated carbocycles. The molecule has 1 amide bonds. The van der Waals surface area contributed by atoms with E-state index >= 15 is 0 Å². The quantitative estimate of drug-likeness (QED) is 0.576. The number of anilines is 1. The van der Waals surface area contributed by atoms with Crippen molar-refractivity contribution in [1.29, 1.82) is 0 Å². The van der Waals surface area contributed by atoms with Crippen LogP contribution < -0.4 is 5.32 Å². The number of hydrogen-bond acceptors (Lipinski definition) is 4. The van der Waals surface area contributed by atoms with E-state index in [9.17, 15) is 14.9 Å². The Labute approximate surface area is 156 Å². The molecule has 26 heavy (non-hydrogen) atoms. The van der Waals surface area contributed by atoms with E-state index in [1.165, 1.54) is 6.07 Å². The zero-order chi connectivity index (χ0) is 18.7. The Morgan fingerprint density at radius 2 is 1.92 bits per heavy atom. The van der Waals surface area contributed by atoms with Crippen LogP contribution in [0, 0.1) is 10.1 Å². The third-order valence-electron chi connectivity index (χ3n) is 4.57. The van der Waals surface area contributed by atoms with Crippen LogP contribution in [0.2, 0.25) is 5.02 Å². The Morgan fingerprint density at radius 3 is 2.54 bits per heavy atom. The molecule has 1 aliphatic rings. The lowest BCUT2D eigenvalue weighted by molar-refractivity contribution is -0.383. The minimum Gasteiger partial charge on any atom is -0.319 e. The van der Waals surface area contributed by atoms with Crippen molar-refractivity contribution in [2.45, 2.75) is 31.8 Å². The Balaban J connectivity index is 1.71. The van der Waals surface area contributed by atoms with Gasteiger partial charge in [-0.05, 0) is 43.5 Å². The molecule has 6 nitrogen and oxygen atoms in total. The van der Waals surface area contributed by atoms with Gasteiger partial charge in [0.1, 0.15) is 5.69 Å². The molecule has 0 unspecified atom stereocenters. The van der Waals surface area contributed by atoms with Gasteiger partial charge in [0.25, 0.3) is 5.69 Å². The maximum atomic E-state index is 12.5. The highest BCUT2D eigenvalue weighted by Crippen LogP contribution is 2.34. The average molecular weight is 374 g/mol. The van der Waals surface area contributed by atoms with Gasteiger partial charge < -0.3 is 5.32 Å². The lowest BCUT2D eigenvalue weighted by atomic mass is 10.1. The van der Waals surface area contributed by atoms with E-state index in [4.69, 9.17) is 11.6 Å². The fourth-order valence-corrected chi connectivity index (χ4v) is 3.14. The van der Waals surface area contributed by atoms with Crippen molar-refractivity contribution < 1.29 is 9.72 Å². The second kappa shape index (κ2) is 7.85. The molecule has 3 rings (SSSR count). The normalized spacial score (nSPS) is 14.9. The maximum Gasteiger partial charge on any atom is 0.292 e. The van der Waals surface area contributed by atoms with Crippen molar-refractivity contribution in [1.82, 2.24) is 4.90 Å². The lowest BCUT2D eigenvalue weighted by Crippen LogP contribution is -2.37. The molecule has 1 N–H and O–H groups in total. The van der Waals surface area contributed by atoms with Crippen LogP contribution in [-0.2, 0) is 4.79 Å². The SMILES string of the molecule is C[C@@H](c1ccc(Cl)cc1)N(CC(=O)Nc1ccccc1[N+](=O)[O-])C1CC1. The Kier molecular flexibility index (Phi) is 5.54. The summed E-state index contributed by atoms with van der Waals surface area (Å²) in [5.41, 5.74) is 1.20. The molecule has 0 heterocycles. The molecular weight excluding hydrogens is 354 g/mol. The van der Waals surface area contributed by atoms with Crippen LogP contribution in [0.15, 0.2) is 48.5 Å². The highest BCUT2D eigenvalue weighted by atomic mass is 35.5. The van der Waals surface area contributed by atoms with Crippen LogP contribution in [0.5, 0.6) is 0 Å². The topological polar surface area (TPSA) is 75.5 Å². The first-order chi connectivity index (χ1) is 12.5. The molecule has 0 radical (unpaired) electrons. The van der Waals surface area contributed by atoms with Gasteiger partial charge in [-0.1, -0.05) is 35.9 Å². The van der Waals surface area contributed by atoms with Crippen molar-refractivity contribution in [2.75, 3.05) is 11.9 Å². The van der Waals surface area contributed by atoms with Crippen LogP contribution >= 0.6 is 11.6 Å². The maximum absolute atomic E-state index is 12.5. The second-order valence-corrected chi connectivity index (χ2v) is 6.89. The van der Waals surface area contributed by atoms with Gasteiger partial charge >= 0.3 is 0 Å². The van der Waals surface area contributed by atoms with E-state index in [1.807, 2.05) is 24.3 Å². The highest BCUT2D eigenvalue weighted by molar-refractivity contribution is 6.30. The number of amides is 1. The van der Waals surface area contributed by atoms with Crippen LogP contribution in [0.25, 0.3) is 0 Å². The summed E-state index contributed by atoms with van der Waals surface area (Å²) >= 11 is 5.95. The number of benzene rings is 2. The van der Waals surface area contributed by atoms with E-state index in [0.29, 0.717) is 11.1 Å². The first-order valence-electron chi connectivity index (χ1n) is 8.50. The van der Waals surface area contributed by atoms with Crippen molar-refractivity contribution in [3.63, 3.8) is 0 Å². The lowest BCUT2D eigenvalue weighted by Gasteiger charge is -2.29. The molecule has 2 aromatic carbocycles. The van der Waals surface area contributed by atoms with Crippen molar-refractivity contribution in [3.8, 4) is 0 Å². The van der Waals surface area contributed by atoms with Gasteiger partial charge in [-0.2, -0.15) is 0 Å². The zero-order valence-electron chi connectivity index (χ0n) is 14.4. The Morgan fingerprint density at radius 1 is 1.27 bits per heavy atom. The van der Waals surface area contributed by atoms with Gasteiger partial charge in [0.05, 0.1) is 11.5 Å². The first-order valence-corrected chi connectivity index (χ1v) is 8.88. The smallest absolute Gasteiger partial charge is 0.292 e. The molecule has 0 aliphatic heterocycles. The number of nitrogens with zero attached hydrogens (tertiary/aromatic N) is 2. The van der Waals surface area contributed by atoms with Crippen LogP contribution in [0.3, 0.4) is 0 Å². The second-order valence-electron chi connectivity index (χ2n) is 6.45. The number of halogens is 1. The fourth-order valence-electron chi connectivity index (χ4n) is 3.02. The third kappa shape index (κ3) is 4.39. The summed E-state index contributed by atoms with van der Waals surface area (Å²) in [6.45, 7) is 2.24. The summed E-state index contributed by atoms with van der Waals surface area (Å²) in [5, 5.41) is 14.4. The Hall–Kier alpha value is -2.44. The van der Waals surface area contributed by atoms with E-state index in [0.717, 1.165) is 18.4 Å². The number of nitro benzene ring substituents is 1. The highest BCUT2D eigenvalue weighted by Gasteiger charge is 2.34. The van der Waals surface area contributed by atoms with Crippen LogP contribution in [0.1, 0.15) is 31.4 Å². The molecule has 0 aromatic heterocycles. The number of nitro groups is 1. The number of rotatable bonds is 7. The molecule has 0 bridgehead atoms.